The van der Waals surface area contributed by atoms with Gasteiger partial charge in [-0.25, -0.2) is 8.42 Å². The predicted molar refractivity (Wildman–Crippen MR) is 128 cm³/mol. The molecule has 168 valence electrons. The minimum atomic E-state index is -3.79. The Morgan fingerprint density at radius 3 is 2.34 bits per heavy atom. The van der Waals surface area contributed by atoms with Crippen LogP contribution in [0.4, 0.5) is 11.4 Å². The van der Waals surface area contributed by atoms with E-state index < -0.39 is 10.0 Å². The molecule has 0 aliphatic rings. The summed E-state index contributed by atoms with van der Waals surface area (Å²) in [5.74, 6) is 0.501. The number of anilines is 2. The second-order valence-corrected chi connectivity index (χ2v) is 9.52. The quantitative estimate of drug-likeness (QED) is 0.364. The average Bonchev–Trinajstić information content (AvgIpc) is 2.76. The number of carbonyl (C=O) groups is 1. The Balaban J connectivity index is 1.50. The van der Waals surface area contributed by atoms with Crippen LogP contribution in [-0.2, 0) is 14.8 Å². The van der Waals surface area contributed by atoms with E-state index in [9.17, 15) is 13.2 Å². The Kier molecular flexibility index (Phi) is 8.01. The average molecular weight is 493 g/mol. The van der Waals surface area contributed by atoms with Gasteiger partial charge in [0.15, 0.2) is 0 Å². The van der Waals surface area contributed by atoms with Gasteiger partial charge in [0, 0.05) is 22.2 Å². The first-order valence-electron chi connectivity index (χ1n) is 9.81. The molecule has 2 N–H and O–H groups in total. The van der Waals surface area contributed by atoms with Crippen molar-refractivity contribution in [2.24, 2.45) is 0 Å². The molecule has 0 aliphatic carbocycles. The van der Waals surface area contributed by atoms with E-state index in [2.05, 4.69) is 10.0 Å². The molecule has 3 aromatic carbocycles. The smallest absolute Gasteiger partial charge is 0.261 e. The van der Waals surface area contributed by atoms with Crippen molar-refractivity contribution < 1.29 is 17.9 Å². The summed E-state index contributed by atoms with van der Waals surface area (Å²) in [5, 5.41) is 3.85. The van der Waals surface area contributed by atoms with E-state index in [-0.39, 0.29) is 17.2 Å². The fraction of sp³-hybridized carbons (Fsp3) is 0.174. The van der Waals surface area contributed by atoms with Crippen molar-refractivity contribution >= 4 is 50.5 Å². The summed E-state index contributed by atoms with van der Waals surface area (Å²) < 4.78 is 33.4. The summed E-state index contributed by atoms with van der Waals surface area (Å²) in [4.78, 5) is 12.2. The van der Waals surface area contributed by atoms with E-state index in [0.29, 0.717) is 45.8 Å². The third-order valence-electron chi connectivity index (χ3n) is 4.59. The highest BCUT2D eigenvalue weighted by Gasteiger charge is 2.16. The lowest BCUT2D eigenvalue weighted by atomic mass is 10.2. The number of hydrogen-bond acceptors (Lipinski definition) is 4. The molecule has 3 aromatic rings. The molecular weight excluding hydrogens is 471 g/mol. The number of ether oxygens (including phenoxy) is 1. The fourth-order valence-electron chi connectivity index (χ4n) is 2.82. The van der Waals surface area contributed by atoms with Gasteiger partial charge in [-0.1, -0.05) is 29.3 Å². The van der Waals surface area contributed by atoms with Gasteiger partial charge in [-0.2, -0.15) is 0 Å². The van der Waals surface area contributed by atoms with Gasteiger partial charge in [-0.15, -0.1) is 0 Å². The molecule has 0 saturated heterocycles. The maximum absolute atomic E-state index is 12.6. The van der Waals surface area contributed by atoms with E-state index in [4.69, 9.17) is 27.9 Å². The normalized spacial score (nSPS) is 11.1. The van der Waals surface area contributed by atoms with Crippen LogP contribution >= 0.6 is 23.2 Å². The predicted octanol–water partition coefficient (Wildman–Crippen LogP) is 5.90. The Hall–Kier alpha value is -2.74. The van der Waals surface area contributed by atoms with Gasteiger partial charge in [0.25, 0.3) is 10.0 Å². The molecule has 3 rings (SSSR count). The monoisotopic (exact) mass is 492 g/mol. The van der Waals surface area contributed by atoms with Gasteiger partial charge in [-0.3, -0.25) is 9.52 Å². The lowest BCUT2D eigenvalue weighted by molar-refractivity contribution is -0.116. The number of nitrogens with one attached hydrogen (secondary N) is 2. The number of amides is 1. The van der Waals surface area contributed by atoms with Crippen LogP contribution in [-0.4, -0.2) is 20.9 Å². The molecule has 0 heterocycles. The first-order chi connectivity index (χ1) is 15.2. The highest BCUT2D eigenvalue weighted by molar-refractivity contribution is 7.92. The summed E-state index contributed by atoms with van der Waals surface area (Å²) in [6, 6.07) is 18.0. The lowest BCUT2D eigenvalue weighted by Gasteiger charge is -2.12. The van der Waals surface area contributed by atoms with Crippen LogP contribution in [0.3, 0.4) is 0 Å². The van der Waals surface area contributed by atoms with Crippen LogP contribution in [0.1, 0.15) is 18.4 Å². The molecule has 0 saturated carbocycles. The second kappa shape index (κ2) is 10.7. The standard InChI is InChI=1S/C23H22Cl2N2O4S/c1-16-21(25)4-2-5-22(16)27-32(29,30)20-13-9-18(10-14-20)26-23(28)6-3-15-31-19-11-7-17(24)8-12-19/h2,4-5,7-14,27H,3,6,15H2,1H3,(H,26,28). The zero-order chi connectivity index (χ0) is 23.1. The zero-order valence-electron chi connectivity index (χ0n) is 17.3. The SMILES string of the molecule is Cc1c(Cl)cccc1NS(=O)(=O)c1ccc(NC(=O)CCCOc2ccc(Cl)cc2)cc1. The van der Waals surface area contributed by atoms with Gasteiger partial charge in [0.05, 0.1) is 17.2 Å². The number of benzene rings is 3. The van der Waals surface area contributed by atoms with Gasteiger partial charge < -0.3 is 10.1 Å². The maximum Gasteiger partial charge on any atom is 0.261 e. The van der Waals surface area contributed by atoms with Crippen molar-refractivity contribution in [3.05, 3.63) is 82.3 Å². The Bertz CT molecular complexity index is 1180. The minimum Gasteiger partial charge on any atom is -0.494 e. The van der Waals surface area contributed by atoms with Crippen molar-refractivity contribution in [2.75, 3.05) is 16.6 Å². The van der Waals surface area contributed by atoms with Crippen molar-refractivity contribution in [3.63, 3.8) is 0 Å². The van der Waals surface area contributed by atoms with Crippen molar-refractivity contribution in [3.8, 4) is 5.75 Å². The van der Waals surface area contributed by atoms with Crippen molar-refractivity contribution in [1.29, 1.82) is 0 Å². The third-order valence-corrected chi connectivity index (χ3v) is 6.63. The summed E-state index contributed by atoms with van der Waals surface area (Å²) in [6.45, 7) is 2.13. The Morgan fingerprint density at radius 1 is 0.969 bits per heavy atom. The van der Waals surface area contributed by atoms with Gasteiger partial charge in [-0.05, 0) is 79.6 Å². The topological polar surface area (TPSA) is 84.5 Å². The third kappa shape index (κ3) is 6.63. The molecule has 0 unspecified atom stereocenters. The molecule has 0 radical (unpaired) electrons. The Morgan fingerprint density at radius 2 is 1.66 bits per heavy atom. The molecule has 0 fully saturated rings. The molecule has 1 amide bonds. The van der Waals surface area contributed by atoms with Gasteiger partial charge in [0.1, 0.15) is 5.75 Å². The molecule has 0 atom stereocenters. The second-order valence-electron chi connectivity index (χ2n) is 7.00. The van der Waals surface area contributed by atoms with E-state index in [0.717, 1.165) is 0 Å². The highest BCUT2D eigenvalue weighted by Crippen LogP contribution is 2.26. The number of rotatable bonds is 9. The van der Waals surface area contributed by atoms with Crippen LogP contribution in [0.2, 0.25) is 10.0 Å². The number of sulfonamides is 1. The molecule has 6 nitrogen and oxygen atoms in total. The summed E-state index contributed by atoms with van der Waals surface area (Å²) in [5.41, 5.74) is 1.56. The molecule has 0 aliphatic heterocycles. The number of hydrogen-bond donors (Lipinski definition) is 2. The Labute approximate surface area is 197 Å². The number of carbonyl (C=O) groups excluding carboxylic acids is 1. The van der Waals surface area contributed by atoms with Crippen molar-refractivity contribution in [1.82, 2.24) is 0 Å². The van der Waals surface area contributed by atoms with E-state index in [1.807, 2.05) is 0 Å². The highest BCUT2D eigenvalue weighted by atomic mass is 35.5. The zero-order valence-corrected chi connectivity index (χ0v) is 19.6. The molecule has 9 heteroatoms. The van der Waals surface area contributed by atoms with Crippen LogP contribution in [0.5, 0.6) is 5.75 Å². The van der Waals surface area contributed by atoms with E-state index in [1.165, 1.54) is 12.1 Å². The fourth-order valence-corrected chi connectivity index (χ4v) is 4.24. The van der Waals surface area contributed by atoms with Crippen LogP contribution < -0.4 is 14.8 Å². The molecular formula is C23H22Cl2N2O4S. The van der Waals surface area contributed by atoms with Crippen LogP contribution in [0.25, 0.3) is 0 Å². The summed E-state index contributed by atoms with van der Waals surface area (Å²) >= 11 is 11.9. The molecule has 0 bridgehead atoms. The van der Waals surface area contributed by atoms with Crippen LogP contribution in [0.15, 0.2) is 71.6 Å². The van der Waals surface area contributed by atoms with Gasteiger partial charge >= 0.3 is 0 Å². The van der Waals surface area contributed by atoms with Crippen LogP contribution in [0, 0.1) is 6.92 Å². The van der Waals surface area contributed by atoms with Crippen molar-refractivity contribution in [2.45, 2.75) is 24.7 Å². The number of halogens is 2. The van der Waals surface area contributed by atoms with E-state index >= 15 is 0 Å². The van der Waals surface area contributed by atoms with Gasteiger partial charge in [0.2, 0.25) is 5.91 Å². The van der Waals surface area contributed by atoms with E-state index in [1.54, 1.807) is 61.5 Å². The minimum absolute atomic E-state index is 0.0752. The first kappa shape index (κ1) is 23.9. The summed E-state index contributed by atoms with van der Waals surface area (Å²) in [6.07, 6.45) is 0.799. The summed E-state index contributed by atoms with van der Waals surface area (Å²) in [7, 11) is -3.79. The maximum atomic E-state index is 12.6. The molecule has 32 heavy (non-hydrogen) atoms. The first-order valence-corrected chi connectivity index (χ1v) is 12.0. The largest absolute Gasteiger partial charge is 0.494 e. The molecule has 0 spiro atoms. The molecule has 0 aromatic heterocycles. The lowest BCUT2D eigenvalue weighted by Crippen LogP contribution is -2.15.